The topological polar surface area (TPSA) is 23.5 Å². The summed E-state index contributed by atoms with van der Waals surface area (Å²) in [5.74, 6) is 7.53. The highest BCUT2D eigenvalue weighted by molar-refractivity contribution is 7.99. The molecule has 0 spiro atoms. The predicted octanol–water partition coefficient (Wildman–Crippen LogP) is 2.11. The average Bonchev–Trinajstić information content (AvgIpc) is 2.67. The minimum Gasteiger partial charge on any atom is -0.384 e. The molecule has 4 heteroatoms. The van der Waals surface area contributed by atoms with Gasteiger partial charge in [0.1, 0.15) is 12.4 Å². The van der Waals surface area contributed by atoms with Crippen LogP contribution in [0, 0.1) is 17.7 Å². The number of nitrogens with zero attached hydrogens (tertiary/aromatic N) is 1. The Balaban J connectivity index is 2.13. The molecule has 1 aromatic rings. The summed E-state index contributed by atoms with van der Waals surface area (Å²) in [6, 6.07) is 4.73. The molecule has 0 aliphatic carbocycles. The molecule has 1 N–H and O–H groups in total. The predicted molar refractivity (Wildman–Crippen MR) is 77.6 cm³/mol. The molecule has 0 bridgehead atoms. The van der Waals surface area contributed by atoms with Gasteiger partial charge in [-0.1, -0.05) is 17.9 Å². The fraction of sp³-hybridized carbons (Fsp3) is 0.467. The van der Waals surface area contributed by atoms with E-state index in [0.717, 1.165) is 31.0 Å². The van der Waals surface area contributed by atoms with Crippen LogP contribution in [0.4, 0.5) is 4.39 Å². The smallest absolute Gasteiger partial charge is 0.124 e. The fourth-order valence-corrected chi connectivity index (χ4v) is 3.06. The second kappa shape index (κ2) is 7.54. The van der Waals surface area contributed by atoms with E-state index in [9.17, 15) is 4.39 Å². The van der Waals surface area contributed by atoms with Gasteiger partial charge in [-0.2, -0.15) is 11.8 Å². The highest BCUT2D eigenvalue weighted by atomic mass is 32.2. The number of hydrogen-bond acceptors (Lipinski definition) is 3. The van der Waals surface area contributed by atoms with E-state index >= 15 is 0 Å². The molecule has 1 aliphatic heterocycles. The van der Waals surface area contributed by atoms with Crippen molar-refractivity contribution in [3.8, 4) is 11.8 Å². The second-order valence-electron chi connectivity index (χ2n) is 4.50. The summed E-state index contributed by atoms with van der Waals surface area (Å²) in [6.07, 6.45) is 1.20. The summed E-state index contributed by atoms with van der Waals surface area (Å²) in [5.41, 5.74) is 1.72. The van der Waals surface area contributed by atoms with Crippen molar-refractivity contribution in [2.24, 2.45) is 0 Å². The molecule has 0 unspecified atom stereocenters. The lowest BCUT2D eigenvalue weighted by molar-refractivity contribution is 0.287. The molecule has 1 heterocycles. The number of aliphatic hydroxyl groups is 1. The van der Waals surface area contributed by atoms with Gasteiger partial charge < -0.3 is 5.11 Å². The Bertz CT molecular complexity index is 473. The van der Waals surface area contributed by atoms with E-state index in [2.05, 4.69) is 16.7 Å². The molecule has 1 saturated heterocycles. The van der Waals surface area contributed by atoms with Crippen molar-refractivity contribution in [3.63, 3.8) is 0 Å². The maximum atomic E-state index is 13.3. The first-order chi connectivity index (χ1) is 9.29. The molecule has 1 fully saturated rings. The summed E-state index contributed by atoms with van der Waals surface area (Å²) < 4.78 is 13.3. The van der Waals surface area contributed by atoms with Gasteiger partial charge in [0.15, 0.2) is 0 Å². The second-order valence-corrected chi connectivity index (χ2v) is 5.73. The Labute approximate surface area is 118 Å². The zero-order chi connectivity index (χ0) is 13.5. The fourth-order valence-electron chi connectivity index (χ4n) is 2.13. The van der Waals surface area contributed by atoms with E-state index in [1.54, 1.807) is 6.07 Å². The lowest BCUT2D eigenvalue weighted by atomic mass is 10.1. The molecule has 0 radical (unpaired) electrons. The Morgan fingerprint density at radius 3 is 3.05 bits per heavy atom. The molecule has 0 amide bonds. The molecule has 19 heavy (non-hydrogen) atoms. The van der Waals surface area contributed by atoms with Gasteiger partial charge in [0.05, 0.1) is 0 Å². The van der Waals surface area contributed by atoms with Crippen LogP contribution in [0.2, 0.25) is 0 Å². The standard InChI is InChI=1S/C15H18FNOS/c16-15-5-4-14(13(11-15)3-1-8-18)12-17-6-2-9-19-10-7-17/h4-5,11,18H,2,6-10,12H2. The van der Waals surface area contributed by atoms with E-state index in [-0.39, 0.29) is 12.4 Å². The number of benzene rings is 1. The Morgan fingerprint density at radius 1 is 1.32 bits per heavy atom. The van der Waals surface area contributed by atoms with Crippen LogP contribution in [0.1, 0.15) is 17.5 Å². The van der Waals surface area contributed by atoms with Gasteiger partial charge in [-0.3, -0.25) is 4.90 Å². The Morgan fingerprint density at radius 2 is 2.21 bits per heavy atom. The van der Waals surface area contributed by atoms with Gasteiger partial charge >= 0.3 is 0 Å². The summed E-state index contributed by atoms with van der Waals surface area (Å²) >= 11 is 1.99. The van der Waals surface area contributed by atoms with Crippen molar-refractivity contribution in [2.75, 3.05) is 31.2 Å². The van der Waals surface area contributed by atoms with Crippen LogP contribution in [0.15, 0.2) is 18.2 Å². The number of halogens is 1. The van der Waals surface area contributed by atoms with Gasteiger partial charge in [-0.15, -0.1) is 0 Å². The van der Waals surface area contributed by atoms with E-state index in [1.165, 1.54) is 24.3 Å². The van der Waals surface area contributed by atoms with Gasteiger partial charge in [0.2, 0.25) is 0 Å². The third kappa shape index (κ3) is 4.54. The van der Waals surface area contributed by atoms with Crippen LogP contribution in [0.25, 0.3) is 0 Å². The largest absolute Gasteiger partial charge is 0.384 e. The molecule has 0 aromatic heterocycles. The van der Waals surface area contributed by atoms with Crippen LogP contribution in [0.3, 0.4) is 0 Å². The molecule has 2 nitrogen and oxygen atoms in total. The van der Waals surface area contributed by atoms with Gasteiger partial charge in [0, 0.05) is 24.4 Å². The van der Waals surface area contributed by atoms with Gasteiger partial charge in [-0.05, 0) is 36.4 Å². The van der Waals surface area contributed by atoms with Crippen molar-refractivity contribution in [1.29, 1.82) is 0 Å². The third-order valence-electron chi connectivity index (χ3n) is 3.08. The zero-order valence-corrected chi connectivity index (χ0v) is 11.7. The van der Waals surface area contributed by atoms with E-state index in [1.807, 2.05) is 11.8 Å². The first-order valence-corrected chi connectivity index (χ1v) is 7.63. The number of hydrogen-bond donors (Lipinski definition) is 1. The van der Waals surface area contributed by atoms with Crippen molar-refractivity contribution < 1.29 is 9.50 Å². The molecule has 1 aliphatic rings. The monoisotopic (exact) mass is 279 g/mol. The van der Waals surface area contributed by atoms with Crippen molar-refractivity contribution in [1.82, 2.24) is 4.90 Å². The van der Waals surface area contributed by atoms with Crippen molar-refractivity contribution in [3.05, 3.63) is 35.1 Å². The van der Waals surface area contributed by atoms with Gasteiger partial charge in [-0.25, -0.2) is 4.39 Å². The highest BCUT2D eigenvalue weighted by Crippen LogP contribution is 2.16. The van der Waals surface area contributed by atoms with E-state index in [4.69, 9.17) is 5.11 Å². The molecular weight excluding hydrogens is 261 g/mol. The SMILES string of the molecule is OCC#Cc1cc(F)ccc1CN1CCCSCC1. The normalized spacial score (nSPS) is 16.5. The Kier molecular flexibility index (Phi) is 5.71. The van der Waals surface area contributed by atoms with Crippen LogP contribution in [-0.2, 0) is 6.54 Å². The van der Waals surface area contributed by atoms with Crippen molar-refractivity contribution in [2.45, 2.75) is 13.0 Å². The molecule has 0 saturated carbocycles. The lowest BCUT2D eigenvalue weighted by Crippen LogP contribution is -2.25. The summed E-state index contributed by atoms with van der Waals surface area (Å²) in [4.78, 5) is 2.39. The summed E-state index contributed by atoms with van der Waals surface area (Å²) in [6.45, 7) is 2.75. The van der Waals surface area contributed by atoms with Crippen LogP contribution >= 0.6 is 11.8 Å². The minimum atomic E-state index is -0.280. The first kappa shape index (κ1) is 14.4. The molecule has 1 aromatic carbocycles. The lowest BCUT2D eigenvalue weighted by Gasteiger charge is -2.20. The third-order valence-corrected chi connectivity index (χ3v) is 4.13. The summed E-state index contributed by atoms with van der Waals surface area (Å²) in [7, 11) is 0. The van der Waals surface area contributed by atoms with Crippen molar-refractivity contribution >= 4 is 11.8 Å². The molecular formula is C15H18FNOS. The van der Waals surface area contributed by atoms with Gasteiger partial charge in [0.25, 0.3) is 0 Å². The summed E-state index contributed by atoms with van der Waals surface area (Å²) in [5, 5.41) is 8.77. The number of thioether (sulfide) groups is 1. The van der Waals surface area contributed by atoms with E-state index < -0.39 is 0 Å². The van der Waals surface area contributed by atoms with Crippen LogP contribution in [0.5, 0.6) is 0 Å². The van der Waals surface area contributed by atoms with Crippen LogP contribution < -0.4 is 0 Å². The maximum absolute atomic E-state index is 13.3. The minimum absolute atomic E-state index is 0.198. The first-order valence-electron chi connectivity index (χ1n) is 6.48. The van der Waals surface area contributed by atoms with E-state index in [0.29, 0.717) is 5.56 Å². The molecule has 0 atom stereocenters. The quantitative estimate of drug-likeness (QED) is 0.839. The average molecular weight is 279 g/mol. The van der Waals surface area contributed by atoms with Crippen LogP contribution in [-0.4, -0.2) is 41.2 Å². The number of rotatable bonds is 2. The molecule has 2 rings (SSSR count). The molecule has 102 valence electrons. The maximum Gasteiger partial charge on any atom is 0.124 e. The number of aliphatic hydroxyl groups excluding tert-OH is 1. The highest BCUT2D eigenvalue weighted by Gasteiger charge is 2.11. The zero-order valence-electron chi connectivity index (χ0n) is 10.9. The Hall–Kier alpha value is -1.02.